The molecule has 0 spiro atoms. The van der Waals surface area contributed by atoms with Crippen molar-refractivity contribution in [2.45, 2.75) is 12.8 Å². The predicted molar refractivity (Wildman–Crippen MR) is 45.6 cm³/mol. The Hall–Kier alpha value is 0.440. The van der Waals surface area contributed by atoms with Crippen LogP contribution in [0, 0.1) is 37.7 Å². The van der Waals surface area contributed by atoms with E-state index in [-0.39, 0.29) is 43.0 Å². The summed E-state index contributed by atoms with van der Waals surface area (Å²) in [5, 5.41) is -0.270. The van der Waals surface area contributed by atoms with Crippen LogP contribution >= 0.6 is 11.6 Å². The van der Waals surface area contributed by atoms with Crippen LogP contribution in [0.2, 0.25) is 0 Å². The van der Waals surface area contributed by atoms with Gasteiger partial charge in [-0.3, -0.25) is 4.79 Å². The molecule has 1 nitrogen and oxygen atoms in total. The summed E-state index contributed by atoms with van der Waals surface area (Å²) in [6, 6.07) is 9.83. The second-order valence-electron chi connectivity index (χ2n) is 2.34. The Morgan fingerprint density at radius 3 is 2.33 bits per heavy atom. The summed E-state index contributed by atoms with van der Waals surface area (Å²) in [6.07, 6.45) is 1.16. The first-order chi connectivity index (χ1) is 5.29. The van der Waals surface area contributed by atoms with Gasteiger partial charge in [-0.05, 0) is 23.6 Å². The molecule has 0 bridgehead atoms. The molecule has 0 amide bonds. The SMILES string of the molecule is O=C(Cl)CCc1ccccc1.[Ar]. The van der Waals surface area contributed by atoms with Crippen LogP contribution in [0.3, 0.4) is 0 Å². The second-order valence-corrected chi connectivity index (χ2v) is 2.76. The van der Waals surface area contributed by atoms with E-state index >= 15 is 0 Å². The Morgan fingerprint density at radius 2 is 1.83 bits per heavy atom. The Labute approximate surface area is 107 Å². The van der Waals surface area contributed by atoms with Gasteiger partial charge < -0.3 is 0 Å². The van der Waals surface area contributed by atoms with Crippen LogP contribution in [0.25, 0.3) is 0 Å². The molecule has 0 aliphatic heterocycles. The molecule has 12 heavy (non-hydrogen) atoms. The van der Waals surface area contributed by atoms with E-state index < -0.39 is 0 Å². The number of carbonyl (C=O) groups is 1. The van der Waals surface area contributed by atoms with Crippen LogP contribution in [0.5, 0.6) is 0 Å². The molecule has 0 aliphatic rings. The van der Waals surface area contributed by atoms with Crippen molar-refractivity contribution in [1.29, 1.82) is 0 Å². The van der Waals surface area contributed by atoms with E-state index in [1.165, 1.54) is 0 Å². The van der Waals surface area contributed by atoms with Crippen molar-refractivity contribution in [2.24, 2.45) is 0 Å². The normalized spacial score (nSPS) is 8.75. The minimum absolute atomic E-state index is 0. The van der Waals surface area contributed by atoms with Gasteiger partial charge in [-0.1, -0.05) is 30.3 Å². The van der Waals surface area contributed by atoms with Crippen LogP contribution < -0.4 is 0 Å². The molecule has 1 aromatic carbocycles. The molecule has 0 atom stereocenters. The van der Waals surface area contributed by atoms with Crippen molar-refractivity contribution in [3.8, 4) is 0 Å². The van der Waals surface area contributed by atoms with E-state index in [2.05, 4.69) is 0 Å². The third kappa shape index (κ3) is 5.15. The van der Waals surface area contributed by atoms with Crippen molar-refractivity contribution >= 4 is 16.8 Å². The molecule has 0 aromatic heterocycles. The molecule has 0 saturated carbocycles. The molecular weight excluding hydrogens is 199 g/mol. The van der Waals surface area contributed by atoms with E-state index in [1.54, 1.807) is 0 Å². The molecule has 0 heterocycles. The number of carbonyl (C=O) groups excluding carboxylic acids is 1. The van der Waals surface area contributed by atoms with Gasteiger partial charge in [0.25, 0.3) is 0 Å². The van der Waals surface area contributed by atoms with Gasteiger partial charge in [-0.15, -0.1) is 0 Å². The van der Waals surface area contributed by atoms with Crippen molar-refractivity contribution in [2.75, 3.05) is 0 Å². The first-order valence-corrected chi connectivity index (χ1v) is 3.89. The smallest absolute Gasteiger partial charge is 0.221 e. The molecule has 0 aliphatic carbocycles. The van der Waals surface area contributed by atoms with Crippen LogP contribution in [-0.4, -0.2) is 5.24 Å². The summed E-state index contributed by atoms with van der Waals surface area (Å²) in [4.78, 5) is 10.4. The molecular formula is C9H9ArClO. The maximum atomic E-state index is 10.4. The van der Waals surface area contributed by atoms with Gasteiger partial charge in [-0.25, -0.2) is 0 Å². The largest absolute Gasteiger partial charge is 0.281 e. The van der Waals surface area contributed by atoms with Crippen molar-refractivity contribution in [3.63, 3.8) is 0 Å². The van der Waals surface area contributed by atoms with E-state index in [9.17, 15) is 4.79 Å². The van der Waals surface area contributed by atoms with Crippen molar-refractivity contribution < 1.29 is 42.5 Å². The molecule has 66 valence electrons. The van der Waals surface area contributed by atoms with Crippen LogP contribution in [0.15, 0.2) is 30.3 Å². The summed E-state index contributed by atoms with van der Waals surface area (Å²) in [5.41, 5.74) is 1.15. The van der Waals surface area contributed by atoms with E-state index in [1.807, 2.05) is 30.3 Å². The Bertz CT molecular complexity index is 236. The topological polar surface area (TPSA) is 17.1 Å². The average Bonchev–Trinajstić information content (AvgIpc) is 2.03. The average molecular weight is 209 g/mol. The predicted octanol–water partition coefficient (Wildman–Crippen LogP) is 2.38. The fourth-order valence-electron chi connectivity index (χ4n) is 0.887. The van der Waals surface area contributed by atoms with E-state index in [0.717, 1.165) is 12.0 Å². The molecule has 3 heteroatoms. The fraction of sp³-hybridized carbons (Fsp3) is 0.222. The number of hydrogen-bond acceptors (Lipinski definition) is 1. The molecule has 0 saturated heterocycles. The summed E-state index contributed by atoms with van der Waals surface area (Å²) in [7, 11) is 0. The number of benzene rings is 1. The van der Waals surface area contributed by atoms with Gasteiger partial charge in [0, 0.05) is 44.2 Å². The number of rotatable bonds is 3. The van der Waals surface area contributed by atoms with Gasteiger partial charge in [0.15, 0.2) is 0 Å². The number of aryl methyl sites for hydroxylation is 1. The number of halogens is 1. The Morgan fingerprint density at radius 1 is 1.25 bits per heavy atom. The molecule has 0 unspecified atom stereocenters. The monoisotopic (exact) mass is 208 g/mol. The van der Waals surface area contributed by atoms with Gasteiger partial charge in [0.05, 0.1) is 0 Å². The summed E-state index contributed by atoms with van der Waals surface area (Å²) in [6.45, 7) is 0. The maximum Gasteiger partial charge on any atom is 0.221 e. The second kappa shape index (κ2) is 6.90. The van der Waals surface area contributed by atoms with Crippen LogP contribution in [0.4, 0.5) is 0 Å². The summed E-state index contributed by atoms with van der Waals surface area (Å²) in [5.74, 6) is 0. The van der Waals surface area contributed by atoms with Gasteiger partial charge in [-0.2, -0.15) is 0 Å². The third-order valence-corrected chi connectivity index (χ3v) is 1.64. The van der Waals surface area contributed by atoms with Gasteiger partial charge >= 0.3 is 0 Å². The zero-order chi connectivity index (χ0) is 8.10. The van der Waals surface area contributed by atoms with Crippen molar-refractivity contribution in [1.82, 2.24) is 0 Å². The number of hydrogen-bond donors (Lipinski definition) is 0. The van der Waals surface area contributed by atoms with Gasteiger partial charge in [0.2, 0.25) is 5.24 Å². The molecule has 0 N–H and O–H groups in total. The fourth-order valence-corrected chi connectivity index (χ4v) is 0.982. The summed E-state index contributed by atoms with van der Waals surface area (Å²) >= 11 is 5.19. The zero-order valence-electron chi connectivity index (χ0n) is 6.44. The van der Waals surface area contributed by atoms with Crippen LogP contribution in [-0.2, 0) is 11.2 Å². The van der Waals surface area contributed by atoms with E-state index in [0.29, 0.717) is 6.42 Å². The molecule has 1 rings (SSSR count). The van der Waals surface area contributed by atoms with Gasteiger partial charge in [0.1, 0.15) is 0 Å². The Balaban J connectivity index is 0.00000121. The Kier molecular flexibility index (Phi) is 7.16. The standard InChI is InChI=1S/C9H9ClO.Ar/c10-9(11)7-6-8-4-2-1-3-5-8;/h1-5H,6-7H2;. The van der Waals surface area contributed by atoms with Crippen LogP contribution in [0.1, 0.15) is 12.0 Å². The first kappa shape index (κ1) is 12.4. The molecule has 1 aromatic rings. The van der Waals surface area contributed by atoms with Crippen molar-refractivity contribution in [3.05, 3.63) is 35.9 Å². The first-order valence-electron chi connectivity index (χ1n) is 3.51. The minimum atomic E-state index is -0.270. The van der Waals surface area contributed by atoms with E-state index in [4.69, 9.17) is 11.6 Å². The summed E-state index contributed by atoms with van der Waals surface area (Å²) < 4.78 is 0. The zero-order valence-corrected chi connectivity index (χ0v) is 7.90. The molecule has 0 fully saturated rings. The molecule has 0 radical (unpaired) electrons. The maximum absolute atomic E-state index is 10.4. The third-order valence-electron chi connectivity index (χ3n) is 1.45. The minimum Gasteiger partial charge on any atom is -0.281 e. The quantitative estimate of drug-likeness (QED) is 0.697.